The lowest BCUT2D eigenvalue weighted by atomic mass is 9.76. The summed E-state index contributed by atoms with van der Waals surface area (Å²) in [5, 5.41) is 9.05. The number of carbonyl (C=O) groups is 2. The second-order valence-electron chi connectivity index (χ2n) is 10.8. The van der Waals surface area contributed by atoms with Crippen molar-refractivity contribution in [2.45, 2.75) is 52.1 Å². The standard InChI is InChI=1S/C34H38N2O5/c1-5-39-31(33(38)40-6-2)21-24-9-14-28(15-10-24)41-20-19-36-18-17-34(3,4)29-22-27(13-16-30(29)36)32(37)26-11-7-25(23-35)8-12-26/h7-16,22,31H,5-6,17-21H2,1-4H3. The van der Waals surface area contributed by atoms with Gasteiger partial charge in [0, 0.05) is 36.4 Å². The summed E-state index contributed by atoms with van der Waals surface area (Å²) in [5.74, 6) is 0.371. The molecule has 0 saturated heterocycles. The van der Waals surface area contributed by atoms with Gasteiger partial charge in [-0.1, -0.05) is 26.0 Å². The smallest absolute Gasteiger partial charge is 0.335 e. The lowest BCUT2D eigenvalue weighted by Crippen LogP contribution is -2.39. The molecule has 0 bridgehead atoms. The van der Waals surface area contributed by atoms with Crippen molar-refractivity contribution in [3.05, 3.63) is 94.5 Å². The molecular weight excluding hydrogens is 516 g/mol. The molecule has 0 radical (unpaired) electrons. The van der Waals surface area contributed by atoms with Crippen LogP contribution in [0.25, 0.3) is 0 Å². The van der Waals surface area contributed by atoms with E-state index in [2.05, 4.69) is 24.8 Å². The summed E-state index contributed by atoms with van der Waals surface area (Å²) in [6.07, 6.45) is 0.795. The number of rotatable bonds is 12. The van der Waals surface area contributed by atoms with Crippen LogP contribution in [-0.2, 0) is 26.1 Å². The predicted molar refractivity (Wildman–Crippen MR) is 159 cm³/mol. The number of nitriles is 1. The molecule has 0 fully saturated rings. The van der Waals surface area contributed by atoms with Gasteiger partial charge in [-0.2, -0.15) is 5.26 Å². The number of nitrogens with zero attached hydrogens (tertiary/aromatic N) is 2. The van der Waals surface area contributed by atoms with Crippen molar-refractivity contribution >= 4 is 17.4 Å². The van der Waals surface area contributed by atoms with Crippen LogP contribution in [-0.4, -0.2) is 50.8 Å². The quantitative estimate of drug-likeness (QED) is 0.204. The summed E-state index contributed by atoms with van der Waals surface area (Å²) in [4.78, 5) is 27.7. The molecule has 1 heterocycles. The zero-order valence-electron chi connectivity index (χ0n) is 24.3. The maximum absolute atomic E-state index is 13.2. The second-order valence-corrected chi connectivity index (χ2v) is 10.8. The highest BCUT2D eigenvalue weighted by Gasteiger charge is 2.32. The number of hydrogen-bond acceptors (Lipinski definition) is 7. The van der Waals surface area contributed by atoms with E-state index in [4.69, 9.17) is 19.5 Å². The van der Waals surface area contributed by atoms with Gasteiger partial charge < -0.3 is 19.1 Å². The Balaban J connectivity index is 1.39. The Morgan fingerprint density at radius 2 is 1.68 bits per heavy atom. The number of esters is 1. The van der Waals surface area contributed by atoms with E-state index in [1.165, 1.54) is 0 Å². The molecule has 214 valence electrons. The van der Waals surface area contributed by atoms with E-state index in [-0.39, 0.29) is 17.2 Å². The van der Waals surface area contributed by atoms with E-state index in [0.29, 0.717) is 49.5 Å². The molecule has 0 aromatic heterocycles. The summed E-state index contributed by atoms with van der Waals surface area (Å²) in [5.41, 5.74) is 4.94. The number of carbonyl (C=O) groups excluding carboxylic acids is 2. The van der Waals surface area contributed by atoms with Gasteiger partial charge in [0.05, 0.1) is 24.8 Å². The summed E-state index contributed by atoms with van der Waals surface area (Å²) in [6, 6.07) is 22.5. The highest BCUT2D eigenvalue weighted by atomic mass is 16.6. The summed E-state index contributed by atoms with van der Waals surface area (Å²) in [7, 11) is 0. The largest absolute Gasteiger partial charge is 0.492 e. The molecule has 7 heteroatoms. The molecule has 0 N–H and O–H groups in total. The van der Waals surface area contributed by atoms with Crippen LogP contribution in [0.3, 0.4) is 0 Å². The first kappa shape index (κ1) is 29.8. The fraction of sp³-hybridized carbons (Fsp3) is 0.382. The van der Waals surface area contributed by atoms with E-state index >= 15 is 0 Å². The third-order valence-electron chi connectivity index (χ3n) is 7.50. The van der Waals surface area contributed by atoms with E-state index in [1.807, 2.05) is 49.4 Å². The number of fused-ring (bicyclic) bond motifs is 1. The monoisotopic (exact) mass is 554 g/mol. The van der Waals surface area contributed by atoms with Gasteiger partial charge in [0.1, 0.15) is 12.4 Å². The Morgan fingerprint density at radius 3 is 2.34 bits per heavy atom. The van der Waals surface area contributed by atoms with Gasteiger partial charge >= 0.3 is 5.97 Å². The summed E-state index contributed by atoms with van der Waals surface area (Å²) < 4.78 is 16.8. The molecule has 0 aliphatic carbocycles. The molecule has 3 aromatic carbocycles. The molecule has 4 rings (SSSR count). The normalized spacial score (nSPS) is 14.5. The molecular formula is C34H38N2O5. The van der Waals surface area contributed by atoms with Crippen LogP contribution in [0.15, 0.2) is 66.7 Å². The third kappa shape index (κ3) is 7.33. The van der Waals surface area contributed by atoms with Gasteiger partial charge in [-0.3, -0.25) is 4.79 Å². The number of anilines is 1. The summed E-state index contributed by atoms with van der Waals surface area (Å²) in [6.45, 7) is 11.0. The van der Waals surface area contributed by atoms with Crippen LogP contribution in [0.1, 0.15) is 66.7 Å². The molecule has 1 aliphatic heterocycles. The van der Waals surface area contributed by atoms with Crippen LogP contribution in [0.2, 0.25) is 0 Å². The Morgan fingerprint density at radius 1 is 0.976 bits per heavy atom. The number of benzene rings is 3. The molecule has 7 nitrogen and oxygen atoms in total. The zero-order valence-corrected chi connectivity index (χ0v) is 24.3. The van der Waals surface area contributed by atoms with E-state index in [0.717, 1.165) is 35.5 Å². The maximum Gasteiger partial charge on any atom is 0.335 e. The number of hydrogen-bond donors (Lipinski definition) is 0. The minimum atomic E-state index is -0.616. The van der Waals surface area contributed by atoms with Crippen molar-refractivity contribution in [3.63, 3.8) is 0 Å². The van der Waals surface area contributed by atoms with Crippen molar-refractivity contribution in [1.29, 1.82) is 5.26 Å². The van der Waals surface area contributed by atoms with E-state index in [9.17, 15) is 9.59 Å². The predicted octanol–water partition coefficient (Wildman–Crippen LogP) is 5.87. The molecule has 3 aromatic rings. The SMILES string of the molecule is CCOC(=O)C(Cc1ccc(OCCN2CCC(C)(C)c3cc(C(=O)c4ccc(C#N)cc4)ccc32)cc1)OCC. The first-order chi connectivity index (χ1) is 19.7. The average Bonchev–Trinajstić information content (AvgIpc) is 2.98. The molecule has 41 heavy (non-hydrogen) atoms. The minimum Gasteiger partial charge on any atom is -0.492 e. The fourth-order valence-corrected chi connectivity index (χ4v) is 5.12. The van der Waals surface area contributed by atoms with E-state index < -0.39 is 6.10 Å². The highest BCUT2D eigenvalue weighted by molar-refractivity contribution is 6.09. The minimum absolute atomic E-state index is 0.0492. The van der Waals surface area contributed by atoms with Gasteiger partial charge in [0.25, 0.3) is 0 Å². The maximum atomic E-state index is 13.2. The topological polar surface area (TPSA) is 88.9 Å². The van der Waals surface area contributed by atoms with Gasteiger partial charge in [0.2, 0.25) is 0 Å². The fourth-order valence-electron chi connectivity index (χ4n) is 5.12. The van der Waals surface area contributed by atoms with Crippen molar-refractivity contribution < 1.29 is 23.8 Å². The zero-order chi connectivity index (χ0) is 29.4. The Kier molecular flexibility index (Phi) is 9.80. The first-order valence-corrected chi connectivity index (χ1v) is 14.2. The number of ether oxygens (including phenoxy) is 3. The van der Waals surface area contributed by atoms with Gasteiger partial charge in [-0.05, 0) is 91.4 Å². The van der Waals surface area contributed by atoms with E-state index in [1.54, 1.807) is 31.2 Å². The van der Waals surface area contributed by atoms with Crippen LogP contribution < -0.4 is 9.64 Å². The van der Waals surface area contributed by atoms with Gasteiger partial charge in [-0.15, -0.1) is 0 Å². The van der Waals surface area contributed by atoms with Crippen LogP contribution >= 0.6 is 0 Å². The molecule has 1 aliphatic rings. The Labute approximate surface area is 242 Å². The lowest BCUT2D eigenvalue weighted by molar-refractivity contribution is -0.156. The third-order valence-corrected chi connectivity index (χ3v) is 7.50. The molecule has 1 atom stereocenters. The number of ketones is 1. The van der Waals surface area contributed by atoms with Crippen molar-refractivity contribution in [2.75, 3.05) is 37.8 Å². The molecule has 0 spiro atoms. The molecule has 1 unspecified atom stereocenters. The highest BCUT2D eigenvalue weighted by Crippen LogP contribution is 2.40. The Bertz CT molecular complexity index is 1390. The lowest BCUT2D eigenvalue weighted by Gasteiger charge is -2.40. The Hall–Kier alpha value is -4.15. The first-order valence-electron chi connectivity index (χ1n) is 14.2. The molecule has 0 amide bonds. The average molecular weight is 555 g/mol. The van der Waals surface area contributed by atoms with Crippen molar-refractivity contribution in [2.24, 2.45) is 0 Å². The van der Waals surface area contributed by atoms with Crippen molar-refractivity contribution in [3.8, 4) is 11.8 Å². The van der Waals surface area contributed by atoms with Crippen LogP contribution in [0.5, 0.6) is 5.75 Å². The van der Waals surface area contributed by atoms with Gasteiger partial charge in [-0.25, -0.2) is 4.79 Å². The van der Waals surface area contributed by atoms with Crippen molar-refractivity contribution in [1.82, 2.24) is 0 Å². The summed E-state index contributed by atoms with van der Waals surface area (Å²) >= 11 is 0. The second kappa shape index (κ2) is 13.5. The van der Waals surface area contributed by atoms with Crippen LogP contribution in [0, 0.1) is 11.3 Å². The van der Waals surface area contributed by atoms with Gasteiger partial charge in [0.15, 0.2) is 11.9 Å². The molecule has 0 saturated carbocycles. The van der Waals surface area contributed by atoms with Crippen LogP contribution in [0.4, 0.5) is 5.69 Å².